The normalized spacial score (nSPS) is 27.3. The Bertz CT molecular complexity index is 215. The predicted octanol–water partition coefficient (Wildman–Crippen LogP) is 0.766. The molecule has 13 heavy (non-hydrogen) atoms. The number of amides is 1. The van der Waals surface area contributed by atoms with E-state index in [4.69, 9.17) is 5.11 Å². The first-order valence-corrected chi connectivity index (χ1v) is 4.67. The summed E-state index contributed by atoms with van der Waals surface area (Å²) in [4.78, 5) is 21.7. The second-order valence-electron chi connectivity index (χ2n) is 3.49. The van der Waals surface area contributed by atoms with Crippen molar-refractivity contribution in [2.45, 2.75) is 38.6 Å². The predicted molar refractivity (Wildman–Crippen MR) is 47.2 cm³/mol. The molecule has 1 aliphatic heterocycles. The third-order valence-corrected chi connectivity index (χ3v) is 2.43. The minimum Gasteiger partial charge on any atom is -0.480 e. The number of hydrogen-bond acceptors (Lipinski definition) is 2. The first kappa shape index (κ1) is 10.0. The smallest absolute Gasteiger partial charge is 0.326 e. The van der Waals surface area contributed by atoms with Gasteiger partial charge in [-0.15, -0.1) is 0 Å². The SMILES string of the molecule is CCCCC1CC(=O)N[C@@H]1C(=O)O. The van der Waals surface area contributed by atoms with Crippen molar-refractivity contribution in [3.63, 3.8) is 0 Å². The molecule has 0 aromatic rings. The van der Waals surface area contributed by atoms with Crippen LogP contribution in [0.25, 0.3) is 0 Å². The zero-order valence-electron chi connectivity index (χ0n) is 7.75. The highest BCUT2D eigenvalue weighted by Crippen LogP contribution is 2.22. The average Bonchev–Trinajstić information content (AvgIpc) is 2.43. The average molecular weight is 185 g/mol. The lowest BCUT2D eigenvalue weighted by atomic mass is 9.94. The van der Waals surface area contributed by atoms with Gasteiger partial charge in [-0.3, -0.25) is 4.79 Å². The van der Waals surface area contributed by atoms with E-state index >= 15 is 0 Å². The van der Waals surface area contributed by atoms with E-state index in [1.807, 2.05) is 0 Å². The number of unbranched alkanes of at least 4 members (excludes halogenated alkanes) is 1. The Morgan fingerprint density at radius 2 is 2.38 bits per heavy atom. The zero-order valence-corrected chi connectivity index (χ0v) is 7.75. The van der Waals surface area contributed by atoms with Crippen molar-refractivity contribution in [1.82, 2.24) is 5.32 Å². The van der Waals surface area contributed by atoms with Crippen LogP contribution in [0.15, 0.2) is 0 Å². The fraction of sp³-hybridized carbons (Fsp3) is 0.778. The second-order valence-corrected chi connectivity index (χ2v) is 3.49. The molecule has 0 saturated carbocycles. The van der Waals surface area contributed by atoms with Crippen molar-refractivity contribution in [1.29, 1.82) is 0 Å². The Balaban J connectivity index is 2.50. The van der Waals surface area contributed by atoms with Crippen LogP contribution in [-0.2, 0) is 9.59 Å². The summed E-state index contributed by atoms with van der Waals surface area (Å²) in [6, 6.07) is -0.654. The largest absolute Gasteiger partial charge is 0.480 e. The van der Waals surface area contributed by atoms with E-state index in [0.717, 1.165) is 19.3 Å². The molecule has 74 valence electrons. The molecule has 4 heteroatoms. The number of carbonyl (C=O) groups is 2. The van der Waals surface area contributed by atoms with Crippen LogP contribution in [-0.4, -0.2) is 23.0 Å². The van der Waals surface area contributed by atoms with Gasteiger partial charge >= 0.3 is 5.97 Å². The standard InChI is InChI=1S/C9H15NO3/c1-2-3-4-6-5-7(11)10-8(6)9(12)13/h6,8H,2-5H2,1H3,(H,10,11)(H,12,13)/t6?,8-/m0/s1. The minimum atomic E-state index is -0.910. The molecule has 1 rings (SSSR count). The van der Waals surface area contributed by atoms with Crippen LogP contribution in [0.1, 0.15) is 32.6 Å². The molecule has 1 aliphatic rings. The van der Waals surface area contributed by atoms with Crippen LogP contribution in [0.3, 0.4) is 0 Å². The van der Waals surface area contributed by atoms with Crippen molar-refractivity contribution in [2.75, 3.05) is 0 Å². The fourth-order valence-electron chi connectivity index (χ4n) is 1.70. The fourth-order valence-corrected chi connectivity index (χ4v) is 1.70. The lowest BCUT2D eigenvalue weighted by molar-refractivity contribution is -0.140. The van der Waals surface area contributed by atoms with E-state index in [9.17, 15) is 9.59 Å². The van der Waals surface area contributed by atoms with Crippen LogP contribution in [0.4, 0.5) is 0 Å². The summed E-state index contributed by atoms with van der Waals surface area (Å²) >= 11 is 0. The quantitative estimate of drug-likeness (QED) is 0.679. The lowest BCUT2D eigenvalue weighted by Crippen LogP contribution is -2.36. The molecule has 0 aliphatic carbocycles. The number of hydrogen-bond donors (Lipinski definition) is 2. The Morgan fingerprint density at radius 1 is 1.69 bits per heavy atom. The monoisotopic (exact) mass is 185 g/mol. The Morgan fingerprint density at radius 3 is 2.92 bits per heavy atom. The number of aliphatic carboxylic acids is 1. The summed E-state index contributed by atoms with van der Waals surface area (Å²) in [6.45, 7) is 2.06. The van der Waals surface area contributed by atoms with Gasteiger partial charge in [-0.2, -0.15) is 0 Å². The van der Waals surface area contributed by atoms with E-state index in [1.165, 1.54) is 0 Å². The molecule has 1 saturated heterocycles. The summed E-state index contributed by atoms with van der Waals surface area (Å²) in [6.07, 6.45) is 3.23. The number of nitrogens with one attached hydrogen (secondary N) is 1. The van der Waals surface area contributed by atoms with E-state index < -0.39 is 12.0 Å². The van der Waals surface area contributed by atoms with Crippen LogP contribution < -0.4 is 5.32 Å². The molecular weight excluding hydrogens is 170 g/mol. The summed E-state index contributed by atoms with van der Waals surface area (Å²) in [5.41, 5.74) is 0. The number of carboxylic acid groups (broad SMARTS) is 1. The first-order valence-electron chi connectivity index (χ1n) is 4.67. The maximum absolute atomic E-state index is 11.0. The van der Waals surface area contributed by atoms with E-state index in [-0.39, 0.29) is 11.8 Å². The molecule has 1 unspecified atom stereocenters. The highest BCUT2D eigenvalue weighted by atomic mass is 16.4. The van der Waals surface area contributed by atoms with Gasteiger partial charge in [0.15, 0.2) is 0 Å². The van der Waals surface area contributed by atoms with Gasteiger partial charge in [-0.1, -0.05) is 19.8 Å². The topological polar surface area (TPSA) is 66.4 Å². The second kappa shape index (κ2) is 4.25. The molecule has 2 N–H and O–H groups in total. The third kappa shape index (κ3) is 2.44. The van der Waals surface area contributed by atoms with Crippen molar-refractivity contribution >= 4 is 11.9 Å². The number of carboxylic acids is 1. The van der Waals surface area contributed by atoms with Gasteiger partial charge in [0.05, 0.1) is 0 Å². The molecule has 1 heterocycles. The van der Waals surface area contributed by atoms with Crippen molar-refractivity contribution in [3.8, 4) is 0 Å². The van der Waals surface area contributed by atoms with Crippen LogP contribution in [0.5, 0.6) is 0 Å². The summed E-state index contributed by atoms with van der Waals surface area (Å²) in [5.74, 6) is -1.05. The molecule has 1 fully saturated rings. The Labute approximate surface area is 77.3 Å². The van der Waals surface area contributed by atoms with Gasteiger partial charge < -0.3 is 10.4 Å². The van der Waals surface area contributed by atoms with Crippen LogP contribution in [0.2, 0.25) is 0 Å². The summed E-state index contributed by atoms with van der Waals surface area (Å²) in [7, 11) is 0. The Hall–Kier alpha value is -1.06. The van der Waals surface area contributed by atoms with Crippen LogP contribution >= 0.6 is 0 Å². The number of rotatable bonds is 4. The minimum absolute atomic E-state index is 0.00931. The number of carbonyl (C=O) groups excluding carboxylic acids is 1. The molecule has 4 nitrogen and oxygen atoms in total. The molecule has 2 atom stereocenters. The van der Waals surface area contributed by atoms with Crippen molar-refractivity contribution in [3.05, 3.63) is 0 Å². The summed E-state index contributed by atoms with van der Waals surface area (Å²) in [5, 5.41) is 11.3. The highest BCUT2D eigenvalue weighted by Gasteiger charge is 2.36. The Kier molecular flexibility index (Phi) is 3.28. The van der Waals surface area contributed by atoms with Gasteiger partial charge in [-0.25, -0.2) is 4.79 Å². The van der Waals surface area contributed by atoms with Crippen LogP contribution in [0, 0.1) is 5.92 Å². The van der Waals surface area contributed by atoms with Gasteiger partial charge in [0.2, 0.25) is 5.91 Å². The van der Waals surface area contributed by atoms with Crippen molar-refractivity contribution < 1.29 is 14.7 Å². The van der Waals surface area contributed by atoms with E-state index in [2.05, 4.69) is 12.2 Å². The summed E-state index contributed by atoms with van der Waals surface area (Å²) < 4.78 is 0. The van der Waals surface area contributed by atoms with Gasteiger partial charge in [0.1, 0.15) is 6.04 Å². The molecule has 1 amide bonds. The lowest BCUT2D eigenvalue weighted by Gasteiger charge is -2.13. The van der Waals surface area contributed by atoms with Crippen molar-refractivity contribution in [2.24, 2.45) is 5.92 Å². The van der Waals surface area contributed by atoms with Gasteiger partial charge in [0, 0.05) is 6.42 Å². The molecular formula is C9H15NO3. The molecule has 0 bridgehead atoms. The van der Waals surface area contributed by atoms with E-state index in [1.54, 1.807) is 0 Å². The zero-order chi connectivity index (χ0) is 9.84. The molecule has 0 aromatic carbocycles. The maximum atomic E-state index is 11.0. The molecule has 0 spiro atoms. The van der Waals surface area contributed by atoms with Gasteiger partial charge in [-0.05, 0) is 12.3 Å². The third-order valence-electron chi connectivity index (χ3n) is 2.43. The molecule has 0 aromatic heterocycles. The molecule has 0 radical (unpaired) electrons. The van der Waals surface area contributed by atoms with Gasteiger partial charge in [0.25, 0.3) is 0 Å². The highest BCUT2D eigenvalue weighted by molar-refractivity contribution is 5.87. The van der Waals surface area contributed by atoms with E-state index in [0.29, 0.717) is 6.42 Å². The maximum Gasteiger partial charge on any atom is 0.326 e. The first-order chi connectivity index (χ1) is 6.15.